The molecule has 3 atom stereocenters. The van der Waals surface area contributed by atoms with Gasteiger partial charge in [0.1, 0.15) is 17.8 Å². The van der Waals surface area contributed by atoms with Crippen LogP contribution in [0.2, 0.25) is 0 Å². The molecule has 4 rings (SSSR count). The van der Waals surface area contributed by atoms with Gasteiger partial charge >= 0.3 is 18.4 Å². The van der Waals surface area contributed by atoms with E-state index >= 15 is 0 Å². The molecule has 12 nitrogen and oxygen atoms in total. The normalized spacial score (nSPS) is 18.1. The molecular formula is C23H26F6N8O4. The van der Waals surface area contributed by atoms with Crippen LogP contribution < -0.4 is 11.1 Å². The number of imidazole rings is 1. The number of urea groups is 1. The Morgan fingerprint density at radius 1 is 1.17 bits per heavy atom. The first kappa shape index (κ1) is 30.0. The molecule has 0 bridgehead atoms. The van der Waals surface area contributed by atoms with E-state index in [0.717, 1.165) is 23.4 Å². The highest BCUT2D eigenvalue weighted by Crippen LogP contribution is 2.35. The van der Waals surface area contributed by atoms with Crippen molar-refractivity contribution in [3.05, 3.63) is 47.7 Å². The van der Waals surface area contributed by atoms with Gasteiger partial charge in [-0.25, -0.2) is 19.0 Å². The van der Waals surface area contributed by atoms with E-state index in [1.54, 1.807) is 0 Å². The largest absolute Gasteiger partial charge is 0.416 e. The number of alkyl halides is 6. The first-order valence-electron chi connectivity index (χ1n) is 12.1. The number of rotatable bonds is 10. The highest BCUT2D eigenvalue weighted by atomic mass is 19.4. The van der Waals surface area contributed by atoms with Crippen LogP contribution in [0.1, 0.15) is 47.7 Å². The summed E-state index contributed by atoms with van der Waals surface area (Å²) in [5.41, 5.74) is 3.26. The van der Waals surface area contributed by atoms with Gasteiger partial charge in [-0.15, -0.1) is 0 Å². The molecule has 3 amide bonds. The lowest BCUT2D eigenvalue weighted by molar-refractivity contribution is -0.265. The Morgan fingerprint density at radius 3 is 2.46 bits per heavy atom. The van der Waals surface area contributed by atoms with E-state index in [2.05, 4.69) is 15.2 Å². The van der Waals surface area contributed by atoms with Gasteiger partial charge in [-0.2, -0.15) is 36.5 Å². The maximum Gasteiger partial charge on any atom is 0.416 e. The number of ether oxygens (including phenoxy) is 2. The van der Waals surface area contributed by atoms with E-state index in [9.17, 15) is 35.9 Å². The Hall–Kier alpha value is -3.93. The van der Waals surface area contributed by atoms with Crippen LogP contribution in [0.15, 0.2) is 30.7 Å². The zero-order valence-corrected chi connectivity index (χ0v) is 21.9. The molecule has 41 heavy (non-hydrogen) atoms. The Bertz CT molecular complexity index is 1420. The molecule has 0 saturated carbocycles. The van der Waals surface area contributed by atoms with Gasteiger partial charge in [0.05, 0.1) is 43.9 Å². The Balaban J connectivity index is 1.71. The third-order valence-electron chi connectivity index (χ3n) is 6.62. The molecule has 0 spiro atoms. The highest BCUT2D eigenvalue weighted by molar-refractivity contribution is 5.91. The van der Waals surface area contributed by atoms with Gasteiger partial charge in [0, 0.05) is 18.9 Å². The number of primary amides is 1. The van der Waals surface area contributed by atoms with Gasteiger partial charge in [-0.05, 0) is 26.0 Å². The summed E-state index contributed by atoms with van der Waals surface area (Å²) in [5.74, 6) is -0.893. The lowest BCUT2D eigenvalue weighted by Crippen LogP contribution is -2.43. The maximum absolute atomic E-state index is 13.5. The second-order valence-corrected chi connectivity index (χ2v) is 9.78. The van der Waals surface area contributed by atoms with E-state index in [1.165, 1.54) is 42.3 Å². The quantitative estimate of drug-likeness (QED) is 0.345. The van der Waals surface area contributed by atoms with Gasteiger partial charge < -0.3 is 25.4 Å². The second kappa shape index (κ2) is 10.8. The number of carbonyl (C=O) groups is 2. The zero-order chi connectivity index (χ0) is 30.3. The number of aromatic nitrogens is 5. The summed E-state index contributed by atoms with van der Waals surface area (Å²) < 4.78 is 92.8. The van der Waals surface area contributed by atoms with Crippen LogP contribution >= 0.6 is 0 Å². The van der Waals surface area contributed by atoms with Crippen molar-refractivity contribution in [1.29, 1.82) is 0 Å². The van der Waals surface area contributed by atoms with Gasteiger partial charge in [-0.1, -0.05) is 0 Å². The van der Waals surface area contributed by atoms with Crippen molar-refractivity contribution in [2.75, 3.05) is 26.9 Å². The fourth-order valence-corrected chi connectivity index (χ4v) is 4.20. The van der Waals surface area contributed by atoms with Crippen molar-refractivity contribution in [2.45, 2.75) is 49.9 Å². The number of nitrogens with one attached hydrogen (secondary N) is 1. The van der Waals surface area contributed by atoms with Crippen molar-refractivity contribution < 1.29 is 45.4 Å². The molecule has 3 aromatic heterocycles. The summed E-state index contributed by atoms with van der Waals surface area (Å²) in [6, 6.07) is -2.42. The number of amides is 3. The van der Waals surface area contributed by atoms with E-state index in [-0.39, 0.29) is 29.2 Å². The average Bonchev–Trinajstić information content (AvgIpc) is 3.59. The van der Waals surface area contributed by atoms with Crippen LogP contribution in [0.25, 0.3) is 5.65 Å². The van der Waals surface area contributed by atoms with Crippen LogP contribution in [0.3, 0.4) is 0 Å². The minimum atomic E-state index is -4.72. The van der Waals surface area contributed by atoms with Crippen molar-refractivity contribution in [3.63, 3.8) is 0 Å². The van der Waals surface area contributed by atoms with Crippen molar-refractivity contribution in [3.8, 4) is 0 Å². The van der Waals surface area contributed by atoms with Gasteiger partial charge in [0.25, 0.3) is 5.91 Å². The van der Waals surface area contributed by atoms with Crippen molar-refractivity contribution in [1.82, 2.24) is 34.6 Å². The number of hydrogen-bond acceptors (Lipinski definition) is 7. The number of nitrogens with zero attached hydrogens (tertiary/aromatic N) is 6. The molecule has 0 aliphatic carbocycles. The van der Waals surface area contributed by atoms with Gasteiger partial charge in [-0.3, -0.25) is 4.79 Å². The molecule has 3 N–H and O–H groups in total. The average molecular weight is 593 g/mol. The molecule has 1 saturated heterocycles. The number of hydrogen-bond donors (Lipinski definition) is 2. The summed E-state index contributed by atoms with van der Waals surface area (Å²) in [4.78, 5) is 29.7. The number of nitrogens with two attached hydrogens (primary N) is 1. The second-order valence-electron chi connectivity index (χ2n) is 9.78. The predicted molar refractivity (Wildman–Crippen MR) is 128 cm³/mol. The molecule has 3 aromatic rings. The first-order chi connectivity index (χ1) is 19.0. The molecule has 1 fully saturated rings. The zero-order valence-electron chi connectivity index (χ0n) is 21.9. The summed E-state index contributed by atoms with van der Waals surface area (Å²) in [5, 5.41) is 10.1. The van der Waals surface area contributed by atoms with Crippen LogP contribution in [0.5, 0.6) is 0 Å². The molecular weight excluding hydrogens is 566 g/mol. The van der Waals surface area contributed by atoms with E-state index in [0.29, 0.717) is 0 Å². The smallest absolute Gasteiger partial charge is 0.382 e. The standard InChI is InChI=1S/C23H26F6N8O4/c1-21(2,23(27,28)29)41-11-16(37-14(19(30)38)4-5-31-37)13-8-36-18(33-13)6-12(7-32-36)15(10-40-3)35-9-17(22(24,25)26)34-20(35)39/h4-8,15-17H,9-11H2,1-3H3,(H2,30,38)(H,34,39)/t15-,16+,17+/m1/s1. The summed E-state index contributed by atoms with van der Waals surface area (Å²) in [6.45, 7) is 0.234. The van der Waals surface area contributed by atoms with Gasteiger partial charge in [0.2, 0.25) is 0 Å². The fourth-order valence-electron chi connectivity index (χ4n) is 4.20. The number of carbonyl (C=O) groups excluding carboxylic acids is 2. The molecule has 0 aromatic carbocycles. The predicted octanol–water partition coefficient (Wildman–Crippen LogP) is 2.62. The molecule has 1 aliphatic heterocycles. The van der Waals surface area contributed by atoms with Crippen LogP contribution in [0, 0.1) is 0 Å². The summed E-state index contributed by atoms with van der Waals surface area (Å²) in [6.07, 6.45) is -5.47. The Morgan fingerprint density at radius 2 is 1.88 bits per heavy atom. The van der Waals surface area contributed by atoms with Gasteiger partial charge in [0.15, 0.2) is 11.2 Å². The van der Waals surface area contributed by atoms with Crippen molar-refractivity contribution in [2.24, 2.45) is 5.73 Å². The molecule has 1 aliphatic rings. The lowest BCUT2D eigenvalue weighted by atomic mass is 10.1. The van der Waals surface area contributed by atoms with Crippen LogP contribution in [-0.2, 0) is 9.47 Å². The Kier molecular flexibility index (Phi) is 7.92. The third-order valence-corrected chi connectivity index (χ3v) is 6.62. The monoisotopic (exact) mass is 592 g/mol. The molecule has 0 radical (unpaired) electrons. The van der Waals surface area contributed by atoms with Crippen LogP contribution in [0.4, 0.5) is 31.1 Å². The maximum atomic E-state index is 13.5. The molecule has 0 unspecified atom stereocenters. The number of methoxy groups -OCH3 is 1. The first-order valence-corrected chi connectivity index (χ1v) is 12.1. The summed E-state index contributed by atoms with van der Waals surface area (Å²) in [7, 11) is 1.31. The third kappa shape index (κ3) is 6.07. The minimum Gasteiger partial charge on any atom is -0.382 e. The number of fused-ring (bicyclic) bond motifs is 1. The molecule has 4 heterocycles. The minimum absolute atomic E-state index is 0.0955. The summed E-state index contributed by atoms with van der Waals surface area (Å²) >= 11 is 0. The van der Waals surface area contributed by atoms with Crippen LogP contribution in [-0.4, -0.2) is 92.1 Å². The number of halogens is 6. The Labute approximate surface area is 228 Å². The van der Waals surface area contributed by atoms with E-state index in [1.807, 2.05) is 5.32 Å². The lowest BCUT2D eigenvalue weighted by Gasteiger charge is -2.30. The molecule has 224 valence electrons. The fraction of sp³-hybridized carbons (Fsp3) is 0.522. The molecule has 18 heteroatoms. The van der Waals surface area contributed by atoms with E-state index in [4.69, 9.17) is 15.2 Å². The van der Waals surface area contributed by atoms with E-state index < -0.39 is 61.2 Å². The van der Waals surface area contributed by atoms with Crippen molar-refractivity contribution >= 4 is 17.6 Å². The SMILES string of the molecule is COC[C@H](c1cnn2cc([C@H](COC(C)(C)C(F)(F)F)n3nccc3C(N)=O)nc2c1)N1C[C@@H](C(F)(F)F)NC1=O. The topological polar surface area (TPSA) is 142 Å². The highest BCUT2D eigenvalue weighted by Gasteiger charge is 2.50.